The Kier molecular flexibility index (Phi) is 6.84. The van der Waals surface area contributed by atoms with Crippen LogP contribution >= 0.6 is 0 Å². The van der Waals surface area contributed by atoms with Crippen LogP contribution in [0, 0.1) is 17.6 Å². The summed E-state index contributed by atoms with van der Waals surface area (Å²) in [4.78, 5) is 0. The number of aliphatic hydroxyl groups is 2. The molecule has 0 aliphatic carbocycles. The second-order valence-corrected chi connectivity index (χ2v) is 4.74. The lowest BCUT2D eigenvalue weighted by Gasteiger charge is -2.22. The molecule has 6 heteroatoms. The highest BCUT2D eigenvalue weighted by Gasteiger charge is 2.20. The molecule has 2 N–H and O–H groups in total. The largest absolute Gasteiger partial charge is 0.493 e. The minimum absolute atomic E-state index is 0.0759. The van der Waals surface area contributed by atoms with Crippen molar-refractivity contribution in [2.75, 3.05) is 20.3 Å². The van der Waals surface area contributed by atoms with Gasteiger partial charge < -0.3 is 19.7 Å². The van der Waals surface area contributed by atoms with E-state index >= 15 is 0 Å². The number of ether oxygens (including phenoxy) is 2. The van der Waals surface area contributed by atoms with E-state index in [-0.39, 0.29) is 31.3 Å². The van der Waals surface area contributed by atoms with E-state index in [2.05, 4.69) is 0 Å². The summed E-state index contributed by atoms with van der Waals surface area (Å²) >= 11 is 0. The van der Waals surface area contributed by atoms with E-state index in [0.29, 0.717) is 0 Å². The predicted octanol–water partition coefficient (Wildman–Crippen LogP) is 1.74. The monoisotopic (exact) mass is 290 g/mol. The van der Waals surface area contributed by atoms with Gasteiger partial charge in [0.1, 0.15) is 17.4 Å². The maximum Gasteiger partial charge on any atom is 0.129 e. The molecule has 1 aromatic carbocycles. The zero-order chi connectivity index (χ0) is 15.1. The van der Waals surface area contributed by atoms with E-state index in [1.54, 1.807) is 6.92 Å². The molecule has 0 fully saturated rings. The molecule has 0 bridgehead atoms. The van der Waals surface area contributed by atoms with Gasteiger partial charge in [-0.1, -0.05) is 6.92 Å². The Morgan fingerprint density at radius 3 is 2.30 bits per heavy atom. The molecule has 0 amide bonds. The lowest BCUT2D eigenvalue weighted by Crippen LogP contribution is -2.30. The van der Waals surface area contributed by atoms with Gasteiger partial charge in [0.05, 0.1) is 25.4 Å². The highest BCUT2D eigenvalue weighted by Crippen LogP contribution is 2.18. The Hall–Kier alpha value is -1.24. The fourth-order valence-electron chi connectivity index (χ4n) is 1.70. The van der Waals surface area contributed by atoms with Gasteiger partial charge in [-0.15, -0.1) is 0 Å². The van der Waals surface area contributed by atoms with Crippen LogP contribution in [-0.4, -0.2) is 42.7 Å². The molecule has 0 saturated heterocycles. The van der Waals surface area contributed by atoms with E-state index < -0.39 is 23.8 Å². The number of methoxy groups -OCH3 is 1. The molecule has 20 heavy (non-hydrogen) atoms. The molecule has 3 atom stereocenters. The van der Waals surface area contributed by atoms with Crippen LogP contribution < -0.4 is 4.74 Å². The molecule has 0 aliphatic heterocycles. The van der Waals surface area contributed by atoms with Crippen LogP contribution in [0.25, 0.3) is 0 Å². The normalized spacial score (nSPS) is 15.7. The third-order valence-electron chi connectivity index (χ3n) is 3.05. The van der Waals surface area contributed by atoms with Crippen LogP contribution in [0.4, 0.5) is 8.78 Å². The van der Waals surface area contributed by atoms with Gasteiger partial charge in [0.25, 0.3) is 0 Å². The van der Waals surface area contributed by atoms with Crippen molar-refractivity contribution in [2.24, 2.45) is 5.92 Å². The molecule has 0 heterocycles. The van der Waals surface area contributed by atoms with Gasteiger partial charge in [-0.3, -0.25) is 0 Å². The van der Waals surface area contributed by atoms with Crippen molar-refractivity contribution in [3.63, 3.8) is 0 Å². The Morgan fingerprint density at radius 1 is 1.20 bits per heavy atom. The summed E-state index contributed by atoms with van der Waals surface area (Å²) in [5, 5.41) is 18.9. The van der Waals surface area contributed by atoms with E-state index in [9.17, 15) is 13.9 Å². The van der Waals surface area contributed by atoms with Gasteiger partial charge in [0.15, 0.2) is 0 Å². The van der Waals surface area contributed by atoms with Crippen LogP contribution in [0.15, 0.2) is 18.2 Å². The first-order chi connectivity index (χ1) is 9.46. The average molecular weight is 290 g/mol. The SMILES string of the molecule is COC(CO)CC(O)C(C)COc1cc(F)cc(F)c1. The number of rotatable bonds is 8. The smallest absolute Gasteiger partial charge is 0.129 e. The van der Waals surface area contributed by atoms with Gasteiger partial charge in [0.2, 0.25) is 0 Å². The minimum Gasteiger partial charge on any atom is -0.493 e. The van der Waals surface area contributed by atoms with Gasteiger partial charge >= 0.3 is 0 Å². The molecule has 4 nitrogen and oxygen atoms in total. The van der Waals surface area contributed by atoms with Crippen molar-refractivity contribution < 1.29 is 28.5 Å². The average Bonchev–Trinajstić information content (AvgIpc) is 2.40. The number of hydrogen-bond acceptors (Lipinski definition) is 4. The van der Waals surface area contributed by atoms with Gasteiger partial charge in [-0.05, 0) is 0 Å². The summed E-state index contributed by atoms with van der Waals surface area (Å²) in [6.07, 6.45) is -0.931. The van der Waals surface area contributed by atoms with Crippen LogP contribution in [0.3, 0.4) is 0 Å². The van der Waals surface area contributed by atoms with Crippen LogP contribution in [0.2, 0.25) is 0 Å². The van der Waals surface area contributed by atoms with Crippen molar-refractivity contribution >= 4 is 0 Å². The van der Waals surface area contributed by atoms with E-state index in [1.165, 1.54) is 7.11 Å². The second-order valence-electron chi connectivity index (χ2n) is 4.74. The van der Waals surface area contributed by atoms with Crippen molar-refractivity contribution in [3.8, 4) is 5.75 Å². The maximum absolute atomic E-state index is 13.0. The number of benzene rings is 1. The molecule has 0 spiro atoms. The standard InChI is InChI=1S/C14H20F2O4/c1-9(14(18)6-13(7-17)19-2)8-20-12-4-10(15)3-11(16)5-12/h3-5,9,13-14,17-18H,6-8H2,1-2H3. The fourth-order valence-corrected chi connectivity index (χ4v) is 1.70. The molecule has 0 radical (unpaired) electrons. The summed E-state index contributed by atoms with van der Waals surface area (Å²) in [5.41, 5.74) is 0. The number of aliphatic hydroxyl groups excluding tert-OH is 2. The van der Waals surface area contributed by atoms with Crippen LogP contribution in [-0.2, 0) is 4.74 Å². The zero-order valence-corrected chi connectivity index (χ0v) is 11.6. The Labute approximate surface area is 116 Å². The lowest BCUT2D eigenvalue weighted by molar-refractivity contribution is -0.0109. The molecule has 1 aromatic rings. The Balaban J connectivity index is 2.47. The summed E-state index contributed by atoms with van der Waals surface area (Å²) < 4.78 is 36.1. The fraction of sp³-hybridized carbons (Fsp3) is 0.571. The second kappa shape index (κ2) is 8.14. The summed E-state index contributed by atoms with van der Waals surface area (Å²) in [6, 6.07) is 2.91. The first-order valence-electron chi connectivity index (χ1n) is 6.36. The number of hydrogen-bond donors (Lipinski definition) is 2. The lowest BCUT2D eigenvalue weighted by atomic mass is 10.00. The topological polar surface area (TPSA) is 58.9 Å². The van der Waals surface area contributed by atoms with Crippen molar-refractivity contribution in [1.82, 2.24) is 0 Å². The Bertz CT molecular complexity index is 390. The van der Waals surface area contributed by atoms with Crippen LogP contribution in [0.5, 0.6) is 5.75 Å². The molecule has 0 aromatic heterocycles. The zero-order valence-electron chi connectivity index (χ0n) is 11.6. The van der Waals surface area contributed by atoms with E-state index in [0.717, 1.165) is 18.2 Å². The summed E-state index contributed by atoms with van der Waals surface area (Å²) in [5.74, 6) is -1.63. The molecular formula is C14H20F2O4. The molecule has 0 aliphatic rings. The minimum atomic E-state index is -0.745. The maximum atomic E-state index is 13.0. The third-order valence-corrected chi connectivity index (χ3v) is 3.05. The van der Waals surface area contributed by atoms with Crippen LogP contribution in [0.1, 0.15) is 13.3 Å². The van der Waals surface area contributed by atoms with Crippen molar-refractivity contribution in [2.45, 2.75) is 25.6 Å². The van der Waals surface area contributed by atoms with Gasteiger partial charge in [-0.2, -0.15) is 0 Å². The van der Waals surface area contributed by atoms with Gasteiger partial charge in [-0.25, -0.2) is 8.78 Å². The quantitative estimate of drug-likeness (QED) is 0.765. The molecular weight excluding hydrogens is 270 g/mol. The van der Waals surface area contributed by atoms with Crippen molar-refractivity contribution in [3.05, 3.63) is 29.8 Å². The molecule has 114 valence electrons. The highest BCUT2D eigenvalue weighted by molar-refractivity contribution is 5.23. The van der Waals surface area contributed by atoms with Gasteiger partial charge in [0, 0.05) is 37.6 Å². The molecule has 3 unspecified atom stereocenters. The summed E-state index contributed by atoms with van der Waals surface area (Å²) in [6.45, 7) is 1.66. The van der Waals surface area contributed by atoms with E-state index in [4.69, 9.17) is 14.6 Å². The number of halogens is 2. The summed E-state index contributed by atoms with van der Waals surface area (Å²) in [7, 11) is 1.45. The first kappa shape index (κ1) is 16.8. The highest BCUT2D eigenvalue weighted by atomic mass is 19.1. The first-order valence-corrected chi connectivity index (χ1v) is 6.36. The third kappa shape index (κ3) is 5.40. The van der Waals surface area contributed by atoms with E-state index in [1.807, 2.05) is 0 Å². The molecule has 1 rings (SSSR count). The van der Waals surface area contributed by atoms with Crippen molar-refractivity contribution in [1.29, 1.82) is 0 Å². The molecule has 0 saturated carbocycles. The Morgan fingerprint density at radius 2 is 1.80 bits per heavy atom. The predicted molar refractivity (Wildman–Crippen MR) is 69.5 cm³/mol.